The Labute approximate surface area is 91.9 Å². The van der Waals surface area contributed by atoms with Crippen LogP contribution in [0.3, 0.4) is 0 Å². The van der Waals surface area contributed by atoms with Gasteiger partial charge in [-0.15, -0.1) is 0 Å². The smallest absolute Gasteiger partial charge is 0.303 e. The van der Waals surface area contributed by atoms with E-state index in [0.717, 1.165) is 26.1 Å². The lowest BCUT2D eigenvalue weighted by Gasteiger charge is -2.43. The van der Waals surface area contributed by atoms with E-state index in [2.05, 4.69) is 30.7 Å². The molecule has 0 amide bonds. The maximum Gasteiger partial charge on any atom is 0.303 e. The summed E-state index contributed by atoms with van der Waals surface area (Å²) in [6.45, 7) is 7.52. The molecule has 0 saturated carbocycles. The molecule has 15 heavy (non-hydrogen) atoms. The van der Waals surface area contributed by atoms with Crippen LogP contribution in [0.15, 0.2) is 0 Å². The first-order valence-electron chi connectivity index (χ1n) is 5.70. The first kappa shape index (κ1) is 12.5. The van der Waals surface area contributed by atoms with Crippen molar-refractivity contribution in [3.63, 3.8) is 0 Å². The van der Waals surface area contributed by atoms with Gasteiger partial charge in [0.05, 0.1) is 0 Å². The van der Waals surface area contributed by atoms with Gasteiger partial charge < -0.3 is 10.0 Å². The summed E-state index contributed by atoms with van der Waals surface area (Å²) < 4.78 is 0. The second kappa shape index (κ2) is 5.47. The normalized spacial score (nSPS) is 29.3. The van der Waals surface area contributed by atoms with Gasteiger partial charge in [-0.2, -0.15) is 0 Å². The van der Waals surface area contributed by atoms with Crippen LogP contribution >= 0.6 is 0 Å². The lowest BCUT2D eigenvalue weighted by atomic mass is 10.0. The number of carboxylic acids is 1. The van der Waals surface area contributed by atoms with Crippen molar-refractivity contribution in [2.45, 2.75) is 38.8 Å². The summed E-state index contributed by atoms with van der Waals surface area (Å²) in [6, 6.07) is 0.919. The minimum atomic E-state index is -0.690. The third-order valence-corrected chi connectivity index (χ3v) is 3.40. The molecule has 1 fully saturated rings. The van der Waals surface area contributed by atoms with Crippen molar-refractivity contribution >= 4 is 5.97 Å². The predicted octanol–water partition coefficient (Wildman–Crippen LogP) is 0.876. The molecule has 0 aromatic heterocycles. The van der Waals surface area contributed by atoms with Crippen molar-refractivity contribution in [1.29, 1.82) is 0 Å². The molecule has 1 heterocycles. The van der Waals surface area contributed by atoms with E-state index >= 15 is 0 Å². The van der Waals surface area contributed by atoms with Gasteiger partial charge >= 0.3 is 5.97 Å². The van der Waals surface area contributed by atoms with Crippen LogP contribution in [0.25, 0.3) is 0 Å². The minimum Gasteiger partial charge on any atom is -0.481 e. The fourth-order valence-corrected chi connectivity index (χ4v) is 2.21. The van der Waals surface area contributed by atoms with Gasteiger partial charge in [0.15, 0.2) is 0 Å². The third kappa shape index (κ3) is 3.47. The van der Waals surface area contributed by atoms with Crippen LogP contribution in [-0.4, -0.2) is 59.6 Å². The summed E-state index contributed by atoms with van der Waals surface area (Å²) in [4.78, 5) is 15.3. The molecule has 1 aliphatic rings. The van der Waals surface area contributed by atoms with Gasteiger partial charge in [0.1, 0.15) is 0 Å². The fourth-order valence-electron chi connectivity index (χ4n) is 2.21. The SMILES string of the molecule is CCN1CC(C)N(C)C(CCC(=O)O)C1. The highest BCUT2D eigenvalue weighted by Crippen LogP contribution is 2.17. The molecule has 1 rings (SSSR count). The van der Waals surface area contributed by atoms with Crippen LogP contribution in [0.2, 0.25) is 0 Å². The van der Waals surface area contributed by atoms with Crippen molar-refractivity contribution in [2.24, 2.45) is 0 Å². The summed E-state index contributed by atoms with van der Waals surface area (Å²) in [6.07, 6.45) is 1.03. The number of rotatable bonds is 4. The quantitative estimate of drug-likeness (QED) is 0.754. The highest BCUT2D eigenvalue weighted by molar-refractivity contribution is 5.66. The number of piperazine rings is 1. The van der Waals surface area contributed by atoms with E-state index in [-0.39, 0.29) is 6.42 Å². The molecule has 1 aliphatic heterocycles. The van der Waals surface area contributed by atoms with Gasteiger partial charge in [-0.25, -0.2) is 0 Å². The first-order valence-corrected chi connectivity index (χ1v) is 5.70. The van der Waals surface area contributed by atoms with Crippen LogP contribution in [0.1, 0.15) is 26.7 Å². The zero-order valence-corrected chi connectivity index (χ0v) is 9.94. The van der Waals surface area contributed by atoms with Crippen molar-refractivity contribution in [3.8, 4) is 0 Å². The Morgan fingerprint density at radius 1 is 1.47 bits per heavy atom. The standard InChI is InChI=1S/C11H22N2O2/c1-4-13-7-9(2)12(3)10(8-13)5-6-11(14)15/h9-10H,4-8H2,1-3H3,(H,14,15). The van der Waals surface area contributed by atoms with Crippen LogP contribution in [0.5, 0.6) is 0 Å². The van der Waals surface area contributed by atoms with Gasteiger partial charge in [0, 0.05) is 31.6 Å². The van der Waals surface area contributed by atoms with Gasteiger partial charge in [0.25, 0.3) is 0 Å². The summed E-state index contributed by atoms with van der Waals surface area (Å²) in [5.74, 6) is -0.690. The summed E-state index contributed by atoms with van der Waals surface area (Å²) in [7, 11) is 2.10. The Kier molecular flexibility index (Phi) is 4.54. The van der Waals surface area contributed by atoms with E-state index in [0.29, 0.717) is 12.1 Å². The Hall–Kier alpha value is -0.610. The second-order valence-electron chi connectivity index (χ2n) is 4.45. The molecule has 0 aliphatic carbocycles. The molecule has 4 heteroatoms. The predicted molar refractivity (Wildman–Crippen MR) is 60.0 cm³/mol. The molecule has 0 bridgehead atoms. The largest absolute Gasteiger partial charge is 0.481 e. The number of carbonyl (C=O) groups is 1. The molecule has 0 radical (unpaired) electrons. The van der Waals surface area contributed by atoms with Crippen molar-refractivity contribution in [1.82, 2.24) is 9.80 Å². The van der Waals surface area contributed by atoms with E-state index in [1.807, 2.05) is 0 Å². The van der Waals surface area contributed by atoms with E-state index in [1.165, 1.54) is 0 Å². The van der Waals surface area contributed by atoms with E-state index < -0.39 is 5.97 Å². The molecule has 1 N–H and O–H groups in total. The number of aliphatic carboxylic acids is 1. The lowest BCUT2D eigenvalue weighted by molar-refractivity contribution is -0.137. The molecule has 0 aromatic rings. The van der Waals surface area contributed by atoms with E-state index in [4.69, 9.17) is 5.11 Å². The molecule has 88 valence electrons. The van der Waals surface area contributed by atoms with Gasteiger partial charge in [0.2, 0.25) is 0 Å². The summed E-state index contributed by atoms with van der Waals surface area (Å²) in [5, 5.41) is 8.69. The average molecular weight is 214 g/mol. The highest BCUT2D eigenvalue weighted by Gasteiger charge is 2.28. The van der Waals surface area contributed by atoms with Crippen LogP contribution < -0.4 is 0 Å². The Morgan fingerprint density at radius 2 is 2.13 bits per heavy atom. The molecule has 2 atom stereocenters. The Balaban J connectivity index is 2.48. The lowest BCUT2D eigenvalue weighted by Crippen LogP contribution is -2.55. The second-order valence-corrected chi connectivity index (χ2v) is 4.45. The third-order valence-electron chi connectivity index (χ3n) is 3.40. The Bertz CT molecular complexity index is 221. The minimum absolute atomic E-state index is 0.277. The Morgan fingerprint density at radius 3 is 2.67 bits per heavy atom. The molecule has 2 unspecified atom stereocenters. The molecular formula is C11H22N2O2. The molecular weight excluding hydrogens is 192 g/mol. The summed E-state index contributed by atoms with van der Waals surface area (Å²) >= 11 is 0. The van der Waals surface area contributed by atoms with Crippen molar-refractivity contribution in [3.05, 3.63) is 0 Å². The number of hydrogen-bond acceptors (Lipinski definition) is 3. The number of hydrogen-bond donors (Lipinski definition) is 1. The first-order chi connectivity index (χ1) is 7.04. The number of likely N-dealkylation sites (N-methyl/N-ethyl adjacent to an activating group) is 2. The van der Waals surface area contributed by atoms with Crippen LogP contribution in [-0.2, 0) is 4.79 Å². The van der Waals surface area contributed by atoms with Gasteiger partial charge in [-0.3, -0.25) is 9.69 Å². The highest BCUT2D eigenvalue weighted by atomic mass is 16.4. The average Bonchev–Trinajstić information content (AvgIpc) is 2.19. The molecule has 4 nitrogen and oxygen atoms in total. The van der Waals surface area contributed by atoms with Crippen LogP contribution in [0.4, 0.5) is 0 Å². The monoisotopic (exact) mass is 214 g/mol. The number of nitrogens with zero attached hydrogens (tertiary/aromatic N) is 2. The molecule has 0 spiro atoms. The molecule has 1 saturated heterocycles. The van der Waals surface area contributed by atoms with E-state index in [1.54, 1.807) is 0 Å². The number of carboxylic acid groups (broad SMARTS) is 1. The van der Waals surface area contributed by atoms with Gasteiger partial charge in [-0.1, -0.05) is 6.92 Å². The maximum absolute atomic E-state index is 10.5. The van der Waals surface area contributed by atoms with E-state index in [9.17, 15) is 4.79 Å². The maximum atomic E-state index is 10.5. The van der Waals surface area contributed by atoms with Crippen molar-refractivity contribution in [2.75, 3.05) is 26.7 Å². The topological polar surface area (TPSA) is 43.8 Å². The summed E-state index contributed by atoms with van der Waals surface area (Å²) in [5.41, 5.74) is 0. The zero-order valence-electron chi connectivity index (χ0n) is 9.94. The fraction of sp³-hybridized carbons (Fsp3) is 0.909. The van der Waals surface area contributed by atoms with Crippen LogP contribution in [0, 0.1) is 0 Å². The zero-order chi connectivity index (χ0) is 11.4. The molecule has 0 aromatic carbocycles. The van der Waals surface area contributed by atoms with Gasteiger partial charge in [-0.05, 0) is 26.9 Å². The van der Waals surface area contributed by atoms with Crippen molar-refractivity contribution < 1.29 is 9.90 Å².